The van der Waals surface area contributed by atoms with Crippen LogP contribution in [-0.2, 0) is 4.79 Å². The molecule has 2 unspecified atom stereocenters. The number of nitrogens with one attached hydrogen (secondary N) is 1. The number of benzene rings is 1. The lowest BCUT2D eigenvalue weighted by molar-refractivity contribution is -0.133. The maximum Gasteiger partial charge on any atom is 0.257 e. The van der Waals surface area contributed by atoms with E-state index in [2.05, 4.69) is 15.0 Å². The lowest BCUT2D eigenvalue weighted by Gasteiger charge is -2.25. The van der Waals surface area contributed by atoms with Crippen molar-refractivity contribution in [3.05, 3.63) is 51.5 Å². The van der Waals surface area contributed by atoms with E-state index in [4.69, 9.17) is 0 Å². The summed E-state index contributed by atoms with van der Waals surface area (Å²) in [5.41, 5.74) is 2.64. The molecular formula is C21H22FN5O2S. The number of amides is 1. The van der Waals surface area contributed by atoms with Gasteiger partial charge in [-0.15, -0.1) is 0 Å². The fraction of sp³-hybridized carbons (Fsp3) is 0.429. The topological polar surface area (TPSA) is 83.9 Å². The maximum atomic E-state index is 13.5. The first-order chi connectivity index (χ1) is 14.4. The second-order valence-electron chi connectivity index (χ2n) is 7.98. The van der Waals surface area contributed by atoms with Crippen LogP contribution in [0.4, 0.5) is 4.39 Å². The summed E-state index contributed by atoms with van der Waals surface area (Å²) in [4.78, 5) is 40.1. The van der Waals surface area contributed by atoms with Crippen molar-refractivity contribution in [1.82, 2.24) is 24.4 Å². The molecule has 2 atom stereocenters. The molecule has 0 spiro atoms. The molecule has 2 aliphatic rings. The van der Waals surface area contributed by atoms with E-state index in [1.165, 1.54) is 23.9 Å². The molecule has 1 saturated heterocycles. The Morgan fingerprint density at radius 1 is 1.33 bits per heavy atom. The number of fused-ring (bicyclic) bond motifs is 2. The van der Waals surface area contributed by atoms with Gasteiger partial charge in [-0.05, 0) is 44.9 Å². The third kappa shape index (κ3) is 3.12. The molecule has 4 heterocycles. The van der Waals surface area contributed by atoms with Gasteiger partial charge in [0, 0.05) is 30.0 Å². The molecule has 1 aromatic carbocycles. The number of aromatic nitrogens is 4. The Bertz CT molecular complexity index is 1220. The number of thioether (sulfide) groups is 1. The standard InChI is InChI=1S/C21H22FN5O2S/c1-11-12(2)23-21-27(20(11)29)14(10-30-21)9-18(28)26-7-3-4-17(26)19-24-15-6-5-13(22)8-16(15)25-19/h5-6,8,14,17H,3-4,7,9-10H2,1-2H3,(H,24,25). The van der Waals surface area contributed by atoms with Gasteiger partial charge in [0.2, 0.25) is 5.91 Å². The van der Waals surface area contributed by atoms with Gasteiger partial charge in [0.1, 0.15) is 11.6 Å². The van der Waals surface area contributed by atoms with Crippen LogP contribution in [-0.4, -0.2) is 42.6 Å². The summed E-state index contributed by atoms with van der Waals surface area (Å²) in [5, 5.41) is 0.693. The smallest absolute Gasteiger partial charge is 0.257 e. The van der Waals surface area contributed by atoms with Crippen LogP contribution in [0.15, 0.2) is 28.2 Å². The summed E-state index contributed by atoms with van der Waals surface area (Å²) in [7, 11) is 0. The van der Waals surface area contributed by atoms with Gasteiger partial charge < -0.3 is 9.88 Å². The van der Waals surface area contributed by atoms with Gasteiger partial charge in [-0.2, -0.15) is 0 Å². The van der Waals surface area contributed by atoms with Crippen LogP contribution < -0.4 is 5.56 Å². The van der Waals surface area contributed by atoms with Crippen molar-refractivity contribution < 1.29 is 9.18 Å². The largest absolute Gasteiger partial charge is 0.340 e. The highest BCUT2D eigenvalue weighted by Gasteiger charge is 2.35. The van der Waals surface area contributed by atoms with Crippen LogP contribution in [0.1, 0.15) is 48.4 Å². The van der Waals surface area contributed by atoms with Crippen LogP contribution in [0.3, 0.4) is 0 Å². The van der Waals surface area contributed by atoms with Gasteiger partial charge >= 0.3 is 0 Å². The molecule has 30 heavy (non-hydrogen) atoms. The molecule has 156 valence electrons. The molecule has 0 bridgehead atoms. The molecule has 0 radical (unpaired) electrons. The highest BCUT2D eigenvalue weighted by atomic mass is 32.2. The number of carbonyl (C=O) groups excluding carboxylic acids is 1. The van der Waals surface area contributed by atoms with Crippen molar-refractivity contribution in [2.75, 3.05) is 12.3 Å². The summed E-state index contributed by atoms with van der Waals surface area (Å²) >= 11 is 1.53. The van der Waals surface area contributed by atoms with E-state index in [1.807, 2.05) is 11.8 Å². The second-order valence-corrected chi connectivity index (χ2v) is 8.96. The van der Waals surface area contributed by atoms with Crippen LogP contribution in [0.2, 0.25) is 0 Å². The first-order valence-electron chi connectivity index (χ1n) is 10.1. The Morgan fingerprint density at radius 3 is 3.00 bits per heavy atom. The number of hydrogen-bond donors (Lipinski definition) is 1. The zero-order valence-electron chi connectivity index (χ0n) is 16.8. The molecule has 0 saturated carbocycles. The molecule has 1 amide bonds. The number of halogens is 1. The zero-order chi connectivity index (χ0) is 21.0. The van der Waals surface area contributed by atoms with Gasteiger partial charge in [-0.1, -0.05) is 11.8 Å². The average Bonchev–Trinajstić information content (AvgIpc) is 3.43. The fourth-order valence-corrected chi connectivity index (χ4v) is 5.53. The monoisotopic (exact) mass is 427 g/mol. The molecule has 9 heteroatoms. The molecule has 1 N–H and O–H groups in total. The Kier molecular flexibility index (Phi) is 4.65. The summed E-state index contributed by atoms with van der Waals surface area (Å²) in [6.45, 7) is 4.27. The van der Waals surface area contributed by atoms with Crippen molar-refractivity contribution in [2.45, 2.75) is 50.4 Å². The maximum absolute atomic E-state index is 13.5. The van der Waals surface area contributed by atoms with Crippen LogP contribution in [0.5, 0.6) is 0 Å². The van der Waals surface area contributed by atoms with Crippen LogP contribution in [0, 0.1) is 19.7 Å². The Morgan fingerprint density at radius 2 is 2.17 bits per heavy atom. The number of hydrogen-bond acceptors (Lipinski definition) is 5. The first kappa shape index (κ1) is 19.3. The minimum Gasteiger partial charge on any atom is -0.340 e. The van der Waals surface area contributed by atoms with Gasteiger partial charge in [0.15, 0.2) is 5.16 Å². The number of rotatable bonds is 3. The van der Waals surface area contributed by atoms with Gasteiger partial charge in [-0.25, -0.2) is 14.4 Å². The van der Waals surface area contributed by atoms with Gasteiger partial charge in [0.05, 0.1) is 23.1 Å². The van der Waals surface area contributed by atoms with E-state index in [1.54, 1.807) is 17.6 Å². The lowest BCUT2D eigenvalue weighted by atomic mass is 10.1. The van der Waals surface area contributed by atoms with Crippen molar-refractivity contribution in [3.8, 4) is 0 Å². The van der Waals surface area contributed by atoms with E-state index >= 15 is 0 Å². The highest BCUT2D eigenvalue weighted by Crippen LogP contribution is 2.36. The zero-order valence-corrected chi connectivity index (χ0v) is 17.6. The molecule has 2 aliphatic heterocycles. The van der Waals surface area contributed by atoms with Crippen molar-refractivity contribution in [3.63, 3.8) is 0 Å². The number of likely N-dealkylation sites (tertiary alicyclic amines) is 1. The number of nitrogens with zero attached hydrogens (tertiary/aromatic N) is 4. The van der Waals surface area contributed by atoms with Crippen molar-refractivity contribution >= 4 is 28.7 Å². The van der Waals surface area contributed by atoms with Crippen molar-refractivity contribution in [1.29, 1.82) is 0 Å². The molecule has 3 aromatic rings. The number of H-pyrrole nitrogens is 1. The average molecular weight is 428 g/mol. The van der Waals surface area contributed by atoms with E-state index in [0.717, 1.165) is 18.5 Å². The van der Waals surface area contributed by atoms with E-state index in [-0.39, 0.29) is 35.8 Å². The van der Waals surface area contributed by atoms with Gasteiger partial charge in [-0.3, -0.25) is 14.2 Å². The fourth-order valence-electron chi connectivity index (χ4n) is 4.35. The Labute approximate surface area is 176 Å². The number of imidazole rings is 1. The lowest BCUT2D eigenvalue weighted by Crippen LogP contribution is -2.35. The highest BCUT2D eigenvalue weighted by molar-refractivity contribution is 7.99. The van der Waals surface area contributed by atoms with E-state index < -0.39 is 0 Å². The van der Waals surface area contributed by atoms with Crippen LogP contribution >= 0.6 is 11.8 Å². The molecule has 0 aliphatic carbocycles. The quantitative estimate of drug-likeness (QED) is 0.649. The Hall–Kier alpha value is -2.68. The molecule has 7 nitrogen and oxygen atoms in total. The molecule has 2 aromatic heterocycles. The summed E-state index contributed by atoms with van der Waals surface area (Å²) < 4.78 is 15.2. The summed E-state index contributed by atoms with van der Waals surface area (Å²) in [6, 6.07) is 4.10. The third-order valence-corrected chi connectivity index (χ3v) is 7.18. The molecular weight excluding hydrogens is 405 g/mol. The third-order valence-electron chi connectivity index (χ3n) is 6.08. The Balaban J connectivity index is 1.39. The predicted octanol–water partition coefficient (Wildman–Crippen LogP) is 3.28. The number of aromatic amines is 1. The minimum absolute atomic E-state index is 0.00714. The summed E-state index contributed by atoms with van der Waals surface area (Å²) in [5.74, 6) is 1.04. The second kappa shape index (κ2) is 7.23. The number of carbonyl (C=O) groups is 1. The molecule has 5 rings (SSSR count). The number of aryl methyl sites for hydroxylation is 1. The first-order valence-corrected chi connectivity index (χ1v) is 11.1. The SMILES string of the molecule is Cc1nc2n(c(=O)c1C)C(CC(=O)N1CCCC1c1nc3ccc(F)cc3[nH]1)CS2. The van der Waals surface area contributed by atoms with E-state index in [0.29, 0.717) is 39.9 Å². The molecule has 1 fully saturated rings. The van der Waals surface area contributed by atoms with Gasteiger partial charge in [0.25, 0.3) is 5.56 Å². The predicted molar refractivity (Wildman–Crippen MR) is 112 cm³/mol. The van der Waals surface area contributed by atoms with Crippen LogP contribution in [0.25, 0.3) is 11.0 Å². The summed E-state index contributed by atoms with van der Waals surface area (Å²) in [6.07, 6.45) is 1.96. The minimum atomic E-state index is -0.320. The van der Waals surface area contributed by atoms with Crippen molar-refractivity contribution in [2.24, 2.45) is 0 Å². The van der Waals surface area contributed by atoms with E-state index in [9.17, 15) is 14.0 Å². The normalized spacial score (nSPS) is 20.8.